The van der Waals surface area contributed by atoms with Crippen LogP contribution in [0, 0.1) is 0 Å². The van der Waals surface area contributed by atoms with Gasteiger partial charge in [0.05, 0.1) is 17.4 Å². The molecule has 0 aliphatic carbocycles. The molecule has 2 N–H and O–H groups in total. The number of hydrogen-bond donors (Lipinski definition) is 2. The SMILES string of the molecule is CCCCC(=O)Nc1ccc(Nc2ccc(C(F)(F)F)cc2)cn1. The van der Waals surface area contributed by atoms with Gasteiger partial charge in [-0.05, 0) is 42.8 Å². The fourth-order valence-corrected chi connectivity index (χ4v) is 1.99. The van der Waals surface area contributed by atoms with Crippen LogP contribution in [0.1, 0.15) is 31.7 Å². The molecule has 24 heavy (non-hydrogen) atoms. The van der Waals surface area contributed by atoms with Crippen LogP contribution in [0.15, 0.2) is 42.6 Å². The Hall–Kier alpha value is -2.57. The smallest absolute Gasteiger partial charge is 0.354 e. The average Bonchev–Trinajstić information content (AvgIpc) is 2.54. The second kappa shape index (κ2) is 7.81. The van der Waals surface area contributed by atoms with Crippen LogP contribution in [-0.2, 0) is 11.0 Å². The number of aromatic nitrogens is 1. The quantitative estimate of drug-likeness (QED) is 0.782. The zero-order valence-corrected chi connectivity index (χ0v) is 13.2. The Kier molecular flexibility index (Phi) is 5.78. The zero-order valence-electron chi connectivity index (χ0n) is 13.2. The number of pyridine rings is 1. The van der Waals surface area contributed by atoms with Gasteiger partial charge in [-0.3, -0.25) is 4.79 Å². The Morgan fingerprint density at radius 2 is 1.75 bits per heavy atom. The van der Waals surface area contributed by atoms with Crippen molar-refractivity contribution in [2.24, 2.45) is 0 Å². The van der Waals surface area contributed by atoms with Crippen molar-refractivity contribution in [1.29, 1.82) is 0 Å². The van der Waals surface area contributed by atoms with Gasteiger partial charge in [0, 0.05) is 12.1 Å². The third kappa shape index (κ3) is 5.26. The number of nitrogens with one attached hydrogen (secondary N) is 2. The fraction of sp³-hybridized carbons (Fsp3) is 0.294. The number of amides is 1. The molecule has 0 spiro atoms. The molecule has 128 valence electrons. The number of nitrogens with zero attached hydrogens (tertiary/aromatic N) is 1. The van der Waals surface area contributed by atoms with E-state index in [1.54, 1.807) is 12.1 Å². The number of anilines is 3. The van der Waals surface area contributed by atoms with E-state index in [2.05, 4.69) is 15.6 Å². The standard InChI is InChI=1S/C17H18F3N3O/c1-2-3-4-16(24)23-15-10-9-14(11-21-15)22-13-7-5-12(6-8-13)17(18,19)20/h5-11,22H,2-4H2,1H3,(H,21,23,24). The summed E-state index contributed by atoms with van der Waals surface area (Å²) in [5.74, 6) is 0.349. The normalized spacial score (nSPS) is 11.2. The highest BCUT2D eigenvalue weighted by Gasteiger charge is 2.29. The number of halogens is 3. The summed E-state index contributed by atoms with van der Waals surface area (Å²) < 4.78 is 37.5. The lowest BCUT2D eigenvalue weighted by molar-refractivity contribution is -0.137. The van der Waals surface area contributed by atoms with Crippen LogP contribution in [0.2, 0.25) is 0 Å². The lowest BCUT2D eigenvalue weighted by Crippen LogP contribution is -2.12. The maximum atomic E-state index is 12.5. The predicted octanol–water partition coefficient (Wildman–Crippen LogP) is 4.97. The monoisotopic (exact) mass is 337 g/mol. The van der Waals surface area contributed by atoms with Crippen LogP contribution in [0.5, 0.6) is 0 Å². The summed E-state index contributed by atoms with van der Waals surface area (Å²) in [6, 6.07) is 8.05. The van der Waals surface area contributed by atoms with E-state index in [1.807, 2.05) is 6.92 Å². The van der Waals surface area contributed by atoms with E-state index in [-0.39, 0.29) is 5.91 Å². The van der Waals surface area contributed by atoms with Gasteiger partial charge in [-0.1, -0.05) is 13.3 Å². The number of benzene rings is 1. The molecule has 2 rings (SSSR count). The molecule has 1 heterocycles. The minimum atomic E-state index is -4.35. The molecule has 1 aromatic heterocycles. The fourth-order valence-electron chi connectivity index (χ4n) is 1.99. The second-order valence-electron chi connectivity index (χ2n) is 5.28. The van der Waals surface area contributed by atoms with Crippen molar-refractivity contribution in [3.8, 4) is 0 Å². The van der Waals surface area contributed by atoms with E-state index < -0.39 is 11.7 Å². The summed E-state index contributed by atoms with van der Waals surface area (Å²) in [7, 11) is 0. The first kappa shape index (κ1) is 17.8. The first-order chi connectivity index (χ1) is 11.4. The molecule has 0 fully saturated rings. The summed E-state index contributed by atoms with van der Waals surface area (Å²) in [4.78, 5) is 15.7. The van der Waals surface area contributed by atoms with E-state index in [9.17, 15) is 18.0 Å². The van der Waals surface area contributed by atoms with Gasteiger partial charge in [-0.2, -0.15) is 13.2 Å². The van der Waals surface area contributed by atoms with Crippen molar-refractivity contribution in [1.82, 2.24) is 4.98 Å². The van der Waals surface area contributed by atoms with Gasteiger partial charge in [0.25, 0.3) is 0 Å². The van der Waals surface area contributed by atoms with Crippen molar-refractivity contribution in [3.63, 3.8) is 0 Å². The van der Waals surface area contributed by atoms with Crippen molar-refractivity contribution in [2.75, 3.05) is 10.6 Å². The van der Waals surface area contributed by atoms with Gasteiger partial charge in [0.2, 0.25) is 5.91 Å². The van der Waals surface area contributed by atoms with E-state index in [0.29, 0.717) is 23.6 Å². The number of hydrogen-bond acceptors (Lipinski definition) is 3. The molecule has 0 saturated carbocycles. The Morgan fingerprint density at radius 1 is 1.08 bits per heavy atom. The molecule has 0 bridgehead atoms. The molecule has 0 saturated heterocycles. The highest BCUT2D eigenvalue weighted by atomic mass is 19.4. The maximum Gasteiger partial charge on any atom is 0.416 e. The molecular formula is C17H18F3N3O. The van der Waals surface area contributed by atoms with E-state index in [1.165, 1.54) is 18.3 Å². The van der Waals surface area contributed by atoms with E-state index >= 15 is 0 Å². The van der Waals surface area contributed by atoms with Crippen LogP contribution in [-0.4, -0.2) is 10.9 Å². The van der Waals surface area contributed by atoms with Crippen LogP contribution in [0.4, 0.5) is 30.4 Å². The molecule has 0 unspecified atom stereocenters. The highest BCUT2D eigenvalue weighted by Crippen LogP contribution is 2.30. The van der Waals surface area contributed by atoms with Crippen molar-refractivity contribution >= 4 is 23.1 Å². The Bertz CT molecular complexity index is 667. The zero-order chi connectivity index (χ0) is 17.6. The summed E-state index contributed by atoms with van der Waals surface area (Å²) in [5.41, 5.74) is 0.433. The van der Waals surface area contributed by atoms with Crippen LogP contribution in [0.3, 0.4) is 0 Å². The number of alkyl halides is 3. The lowest BCUT2D eigenvalue weighted by atomic mass is 10.2. The van der Waals surface area contributed by atoms with E-state index in [0.717, 1.165) is 25.0 Å². The summed E-state index contributed by atoms with van der Waals surface area (Å²) >= 11 is 0. The van der Waals surface area contributed by atoms with Crippen LogP contribution in [0.25, 0.3) is 0 Å². The minimum Gasteiger partial charge on any atom is -0.354 e. The molecule has 0 aliphatic heterocycles. The topological polar surface area (TPSA) is 54.0 Å². The van der Waals surface area contributed by atoms with Crippen LogP contribution >= 0.6 is 0 Å². The molecule has 4 nitrogen and oxygen atoms in total. The first-order valence-corrected chi connectivity index (χ1v) is 7.58. The molecule has 1 aromatic carbocycles. The molecule has 0 aliphatic rings. The van der Waals surface area contributed by atoms with Gasteiger partial charge < -0.3 is 10.6 Å². The Morgan fingerprint density at radius 3 is 2.29 bits per heavy atom. The molecule has 7 heteroatoms. The van der Waals surface area contributed by atoms with E-state index in [4.69, 9.17) is 0 Å². The van der Waals surface area contributed by atoms with Gasteiger partial charge in [-0.25, -0.2) is 4.98 Å². The Balaban J connectivity index is 1.95. The summed E-state index contributed by atoms with van der Waals surface area (Å²) in [5, 5.41) is 5.64. The lowest BCUT2D eigenvalue weighted by Gasteiger charge is -2.10. The maximum absolute atomic E-state index is 12.5. The highest BCUT2D eigenvalue weighted by molar-refractivity contribution is 5.89. The summed E-state index contributed by atoms with van der Waals surface area (Å²) in [6.45, 7) is 2.01. The molecular weight excluding hydrogens is 319 g/mol. The third-order valence-electron chi connectivity index (χ3n) is 3.29. The van der Waals surface area contributed by atoms with Gasteiger partial charge in [-0.15, -0.1) is 0 Å². The van der Waals surface area contributed by atoms with Gasteiger partial charge >= 0.3 is 6.18 Å². The second-order valence-corrected chi connectivity index (χ2v) is 5.28. The van der Waals surface area contributed by atoms with Crippen LogP contribution < -0.4 is 10.6 Å². The third-order valence-corrected chi connectivity index (χ3v) is 3.29. The van der Waals surface area contributed by atoms with Crippen molar-refractivity contribution in [2.45, 2.75) is 32.4 Å². The number of carbonyl (C=O) groups is 1. The van der Waals surface area contributed by atoms with Crippen molar-refractivity contribution < 1.29 is 18.0 Å². The number of rotatable bonds is 6. The van der Waals surface area contributed by atoms with Gasteiger partial charge in [0.15, 0.2) is 0 Å². The predicted molar refractivity (Wildman–Crippen MR) is 87.1 cm³/mol. The average molecular weight is 337 g/mol. The van der Waals surface area contributed by atoms with Crippen molar-refractivity contribution in [3.05, 3.63) is 48.2 Å². The molecule has 2 aromatic rings. The Labute approximate surface area is 138 Å². The molecule has 0 radical (unpaired) electrons. The largest absolute Gasteiger partial charge is 0.416 e. The summed E-state index contributed by atoms with van der Waals surface area (Å²) in [6.07, 6.45) is -0.634. The molecule has 1 amide bonds. The number of carbonyl (C=O) groups excluding carboxylic acids is 1. The first-order valence-electron chi connectivity index (χ1n) is 7.58. The number of unbranched alkanes of at least 4 members (excludes halogenated alkanes) is 1. The minimum absolute atomic E-state index is 0.0900. The molecule has 0 atom stereocenters. The van der Waals surface area contributed by atoms with Gasteiger partial charge in [0.1, 0.15) is 5.82 Å².